The lowest BCUT2D eigenvalue weighted by molar-refractivity contribution is 0.393. The van der Waals surface area contributed by atoms with Crippen LogP contribution in [-0.4, -0.2) is 17.7 Å². The van der Waals surface area contributed by atoms with Crippen molar-refractivity contribution in [1.29, 1.82) is 0 Å². The fourth-order valence-electron chi connectivity index (χ4n) is 1.74. The molecule has 0 amide bonds. The van der Waals surface area contributed by atoms with Gasteiger partial charge in [0.15, 0.2) is 0 Å². The minimum absolute atomic E-state index is 0.764. The molecule has 88 valence electrons. The maximum Gasteiger partial charge on any atom is 0.141 e. The highest BCUT2D eigenvalue weighted by Gasteiger charge is 2.20. The number of rotatable bonds is 5. The van der Waals surface area contributed by atoms with Gasteiger partial charge in [-0.1, -0.05) is 17.7 Å². The zero-order valence-corrected chi connectivity index (χ0v) is 10.3. The Hall–Kier alpha value is -1.09. The second-order valence-electron chi connectivity index (χ2n) is 4.55. The summed E-state index contributed by atoms with van der Waals surface area (Å²) in [6.45, 7) is 7.14. The van der Waals surface area contributed by atoms with E-state index in [-0.39, 0.29) is 0 Å². The smallest absolute Gasteiger partial charge is 0.141 e. The van der Waals surface area contributed by atoms with Crippen LogP contribution in [0.3, 0.4) is 0 Å². The molecule has 0 saturated heterocycles. The van der Waals surface area contributed by atoms with Crippen molar-refractivity contribution in [2.75, 3.05) is 6.54 Å². The molecule has 1 fully saturated rings. The zero-order valence-electron chi connectivity index (χ0n) is 10.3. The molecule has 0 atom stereocenters. The van der Waals surface area contributed by atoms with Gasteiger partial charge in [-0.15, -0.1) is 0 Å². The van der Waals surface area contributed by atoms with Crippen LogP contribution in [0.5, 0.6) is 0 Å². The molecule has 1 heterocycles. The Morgan fingerprint density at radius 3 is 2.75 bits per heavy atom. The van der Waals surface area contributed by atoms with Gasteiger partial charge in [0.05, 0.1) is 5.69 Å². The number of aryl methyl sites for hydroxylation is 2. The van der Waals surface area contributed by atoms with Crippen LogP contribution in [0.15, 0.2) is 10.1 Å². The number of nitrogens with one attached hydrogen (secondary N) is 1. The first-order chi connectivity index (χ1) is 7.70. The highest BCUT2D eigenvalue weighted by atomic mass is 16.5. The highest BCUT2D eigenvalue weighted by molar-refractivity contribution is 5.56. The monoisotopic (exact) mass is 220 g/mol. The van der Waals surface area contributed by atoms with Crippen molar-refractivity contribution < 1.29 is 4.52 Å². The van der Waals surface area contributed by atoms with Crippen molar-refractivity contribution in [1.82, 2.24) is 10.5 Å². The molecule has 2 rings (SSSR count). The summed E-state index contributed by atoms with van der Waals surface area (Å²) in [5, 5.41) is 7.51. The summed E-state index contributed by atoms with van der Waals surface area (Å²) in [5.41, 5.74) is 3.55. The normalized spacial score (nSPS) is 16.8. The van der Waals surface area contributed by atoms with Gasteiger partial charge in [0.1, 0.15) is 5.76 Å². The van der Waals surface area contributed by atoms with Gasteiger partial charge >= 0.3 is 0 Å². The van der Waals surface area contributed by atoms with E-state index in [0.717, 1.165) is 36.0 Å². The molecule has 0 radical (unpaired) electrons. The van der Waals surface area contributed by atoms with Gasteiger partial charge in [0.2, 0.25) is 0 Å². The molecule has 0 aromatic carbocycles. The standard InChI is InChI=1S/C13H20N2O/c1-4-11(8-14-12-5-6-12)7-13-9(2)15-16-10(13)3/h7,12,14H,4-6,8H2,1-3H3. The Balaban J connectivity index is 2.06. The second kappa shape index (κ2) is 4.83. The van der Waals surface area contributed by atoms with Crippen molar-refractivity contribution in [3.05, 3.63) is 22.6 Å². The average Bonchev–Trinajstić information content (AvgIpc) is 3.05. The van der Waals surface area contributed by atoms with E-state index in [1.165, 1.54) is 18.4 Å². The van der Waals surface area contributed by atoms with Crippen molar-refractivity contribution >= 4 is 6.08 Å². The van der Waals surface area contributed by atoms with Crippen molar-refractivity contribution in [3.63, 3.8) is 0 Å². The van der Waals surface area contributed by atoms with E-state index < -0.39 is 0 Å². The summed E-state index contributed by atoms with van der Waals surface area (Å²) in [5.74, 6) is 0.912. The minimum Gasteiger partial charge on any atom is -0.361 e. The van der Waals surface area contributed by atoms with Crippen molar-refractivity contribution in [2.45, 2.75) is 46.1 Å². The van der Waals surface area contributed by atoms with Gasteiger partial charge in [-0.25, -0.2) is 0 Å². The molecular formula is C13H20N2O. The van der Waals surface area contributed by atoms with Gasteiger partial charge in [-0.05, 0) is 39.2 Å². The summed E-state index contributed by atoms with van der Waals surface area (Å²) >= 11 is 0. The van der Waals surface area contributed by atoms with Crippen molar-refractivity contribution in [2.24, 2.45) is 0 Å². The van der Waals surface area contributed by atoms with E-state index in [9.17, 15) is 0 Å². The molecule has 0 unspecified atom stereocenters. The SMILES string of the molecule is CCC(=Cc1c(C)noc1C)CNC1CC1. The Bertz CT molecular complexity index is 369. The summed E-state index contributed by atoms with van der Waals surface area (Å²) in [4.78, 5) is 0. The molecular weight excluding hydrogens is 200 g/mol. The van der Waals surface area contributed by atoms with Crippen LogP contribution in [0.25, 0.3) is 6.08 Å². The van der Waals surface area contributed by atoms with Crippen LogP contribution in [0.4, 0.5) is 0 Å². The molecule has 0 bridgehead atoms. The van der Waals surface area contributed by atoms with E-state index in [4.69, 9.17) is 4.52 Å². The van der Waals surface area contributed by atoms with Gasteiger partial charge in [0.25, 0.3) is 0 Å². The summed E-state index contributed by atoms with van der Waals surface area (Å²) in [6, 6.07) is 0.764. The summed E-state index contributed by atoms with van der Waals surface area (Å²) in [6.07, 6.45) is 5.96. The van der Waals surface area contributed by atoms with Gasteiger partial charge in [0, 0.05) is 18.2 Å². The molecule has 0 aliphatic heterocycles. The largest absolute Gasteiger partial charge is 0.361 e. The first-order valence-corrected chi connectivity index (χ1v) is 6.06. The first-order valence-electron chi connectivity index (χ1n) is 6.06. The number of hydrogen-bond acceptors (Lipinski definition) is 3. The lowest BCUT2D eigenvalue weighted by Crippen LogP contribution is -2.18. The third-order valence-electron chi connectivity index (χ3n) is 3.09. The van der Waals surface area contributed by atoms with Crippen molar-refractivity contribution in [3.8, 4) is 0 Å². The molecule has 1 N–H and O–H groups in total. The molecule has 1 aromatic rings. The lowest BCUT2D eigenvalue weighted by Gasteiger charge is -2.05. The average molecular weight is 220 g/mol. The number of hydrogen-bond donors (Lipinski definition) is 1. The summed E-state index contributed by atoms with van der Waals surface area (Å²) in [7, 11) is 0. The third-order valence-corrected chi connectivity index (χ3v) is 3.09. The van der Waals surface area contributed by atoms with Crippen LogP contribution < -0.4 is 5.32 Å². The quantitative estimate of drug-likeness (QED) is 0.829. The van der Waals surface area contributed by atoms with E-state index in [1.54, 1.807) is 0 Å². The van der Waals surface area contributed by atoms with E-state index in [0.29, 0.717) is 0 Å². The maximum atomic E-state index is 5.16. The molecule has 1 aromatic heterocycles. The molecule has 3 nitrogen and oxygen atoms in total. The van der Waals surface area contributed by atoms with Crippen LogP contribution in [0.2, 0.25) is 0 Å². The Morgan fingerprint density at radius 2 is 2.25 bits per heavy atom. The fraction of sp³-hybridized carbons (Fsp3) is 0.615. The predicted octanol–water partition coefficient (Wildman–Crippen LogP) is 2.84. The van der Waals surface area contributed by atoms with Gasteiger partial charge < -0.3 is 9.84 Å². The fourth-order valence-corrected chi connectivity index (χ4v) is 1.74. The number of nitrogens with zero attached hydrogens (tertiary/aromatic N) is 1. The van der Waals surface area contributed by atoms with Crippen LogP contribution in [-0.2, 0) is 0 Å². The molecule has 0 spiro atoms. The van der Waals surface area contributed by atoms with E-state index >= 15 is 0 Å². The van der Waals surface area contributed by atoms with Gasteiger partial charge in [-0.2, -0.15) is 0 Å². The zero-order chi connectivity index (χ0) is 11.5. The topological polar surface area (TPSA) is 38.1 Å². The molecule has 1 saturated carbocycles. The maximum absolute atomic E-state index is 5.16. The third kappa shape index (κ3) is 2.73. The molecule has 1 aliphatic rings. The molecule has 3 heteroatoms. The molecule has 1 aliphatic carbocycles. The van der Waals surface area contributed by atoms with Crippen LogP contribution in [0, 0.1) is 13.8 Å². The van der Waals surface area contributed by atoms with E-state index in [2.05, 4.69) is 23.5 Å². The summed E-state index contributed by atoms with van der Waals surface area (Å²) < 4.78 is 5.16. The van der Waals surface area contributed by atoms with Crippen LogP contribution >= 0.6 is 0 Å². The Kier molecular flexibility index (Phi) is 3.44. The Morgan fingerprint density at radius 1 is 1.50 bits per heavy atom. The molecule has 16 heavy (non-hydrogen) atoms. The first kappa shape index (κ1) is 11.4. The second-order valence-corrected chi connectivity index (χ2v) is 4.55. The van der Waals surface area contributed by atoms with E-state index in [1.807, 2.05) is 13.8 Å². The lowest BCUT2D eigenvalue weighted by atomic mass is 10.1. The minimum atomic E-state index is 0.764. The predicted molar refractivity (Wildman–Crippen MR) is 65.3 cm³/mol. The highest BCUT2D eigenvalue weighted by Crippen LogP contribution is 2.21. The van der Waals surface area contributed by atoms with Crippen LogP contribution in [0.1, 0.15) is 43.2 Å². The number of aromatic nitrogens is 1. The van der Waals surface area contributed by atoms with Gasteiger partial charge in [-0.3, -0.25) is 0 Å². The Labute approximate surface area is 96.9 Å².